The van der Waals surface area contributed by atoms with Crippen molar-refractivity contribution < 1.29 is 23.1 Å². The third kappa shape index (κ3) is 5.25. The third-order valence-electron chi connectivity index (χ3n) is 3.63. The number of carboxylic acids is 1. The summed E-state index contributed by atoms with van der Waals surface area (Å²) in [4.78, 5) is 11.7. The van der Waals surface area contributed by atoms with Gasteiger partial charge in [0.1, 0.15) is 0 Å². The lowest BCUT2D eigenvalue weighted by Crippen LogP contribution is -2.46. The van der Waals surface area contributed by atoms with Gasteiger partial charge in [0.25, 0.3) is 0 Å². The molecule has 0 aromatic heterocycles. The normalized spacial score (nSPS) is 25.4. The molecule has 1 fully saturated rings. The van der Waals surface area contributed by atoms with Gasteiger partial charge in [0.15, 0.2) is 0 Å². The van der Waals surface area contributed by atoms with E-state index in [1.807, 2.05) is 0 Å². The fourth-order valence-electron chi connectivity index (χ4n) is 2.64. The van der Waals surface area contributed by atoms with Crippen molar-refractivity contribution in [3.8, 4) is 0 Å². The Morgan fingerprint density at radius 3 is 2.22 bits per heavy atom. The number of carbonyl (C=O) groups is 1. The van der Waals surface area contributed by atoms with Crippen molar-refractivity contribution in [1.82, 2.24) is 4.90 Å². The number of hydrogen-bond donors (Lipinski definition) is 1. The minimum atomic E-state index is -4.34. The minimum Gasteiger partial charge on any atom is -0.480 e. The zero-order valence-corrected chi connectivity index (χ0v) is 10.5. The Bertz CT molecular complexity index is 273. The molecule has 1 aliphatic rings. The van der Waals surface area contributed by atoms with E-state index in [1.165, 1.54) is 0 Å². The van der Waals surface area contributed by atoms with E-state index < -0.39 is 25.2 Å². The number of rotatable bonds is 5. The standard InChI is InChI=1S/C12H20F3NO2/c1-2-9-3-5-10(6-4-9)16(7-11(17)18)8-12(13,14)15/h9-10H,2-8H2,1H3,(H,17,18). The molecule has 0 heterocycles. The molecule has 0 aromatic carbocycles. The highest BCUT2D eigenvalue weighted by Gasteiger charge is 2.36. The Kier molecular flexibility index (Phi) is 5.44. The number of halogens is 3. The SMILES string of the molecule is CCC1CCC(N(CC(=O)O)CC(F)(F)F)CC1. The van der Waals surface area contributed by atoms with Crippen LogP contribution in [0.5, 0.6) is 0 Å². The fraction of sp³-hybridized carbons (Fsp3) is 0.917. The van der Waals surface area contributed by atoms with Crippen molar-refractivity contribution in [2.45, 2.75) is 51.2 Å². The highest BCUT2D eigenvalue weighted by Crippen LogP contribution is 2.30. The van der Waals surface area contributed by atoms with E-state index in [-0.39, 0.29) is 6.04 Å². The topological polar surface area (TPSA) is 40.5 Å². The van der Waals surface area contributed by atoms with Gasteiger partial charge in [0.05, 0.1) is 13.1 Å². The van der Waals surface area contributed by atoms with Gasteiger partial charge in [-0.15, -0.1) is 0 Å². The average molecular weight is 267 g/mol. The van der Waals surface area contributed by atoms with Crippen molar-refractivity contribution in [2.24, 2.45) is 5.92 Å². The van der Waals surface area contributed by atoms with Gasteiger partial charge in [-0.25, -0.2) is 0 Å². The number of hydrogen-bond acceptors (Lipinski definition) is 2. The molecule has 0 spiro atoms. The van der Waals surface area contributed by atoms with Crippen LogP contribution < -0.4 is 0 Å². The van der Waals surface area contributed by atoms with Crippen molar-refractivity contribution in [3.63, 3.8) is 0 Å². The molecule has 0 aromatic rings. The monoisotopic (exact) mass is 267 g/mol. The third-order valence-corrected chi connectivity index (χ3v) is 3.63. The molecule has 0 bridgehead atoms. The van der Waals surface area contributed by atoms with E-state index in [0.717, 1.165) is 24.2 Å². The molecule has 0 atom stereocenters. The molecule has 6 heteroatoms. The van der Waals surface area contributed by atoms with Crippen LogP contribution in [0, 0.1) is 5.92 Å². The Hall–Kier alpha value is -0.780. The van der Waals surface area contributed by atoms with Gasteiger partial charge < -0.3 is 5.11 Å². The van der Waals surface area contributed by atoms with Crippen LogP contribution in [-0.2, 0) is 4.79 Å². The van der Waals surface area contributed by atoms with E-state index in [0.29, 0.717) is 18.8 Å². The summed E-state index contributed by atoms with van der Waals surface area (Å²) in [5.74, 6) is -0.615. The van der Waals surface area contributed by atoms with Crippen molar-refractivity contribution in [3.05, 3.63) is 0 Å². The summed E-state index contributed by atoms with van der Waals surface area (Å²) >= 11 is 0. The predicted octanol–water partition coefficient (Wildman–Crippen LogP) is 2.90. The van der Waals surface area contributed by atoms with Gasteiger partial charge in [-0.2, -0.15) is 13.2 Å². The number of carboxylic acid groups (broad SMARTS) is 1. The molecule has 0 unspecified atom stereocenters. The van der Waals surface area contributed by atoms with Gasteiger partial charge in [-0.1, -0.05) is 13.3 Å². The van der Waals surface area contributed by atoms with Crippen LogP contribution in [0.25, 0.3) is 0 Å². The first-order chi connectivity index (χ1) is 8.31. The maximum atomic E-state index is 12.4. The molecule has 0 aliphatic heterocycles. The first-order valence-corrected chi connectivity index (χ1v) is 6.34. The van der Waals surface area contributed by atoms with Crippen LogP contribution in [0.15, 0.2) is 0 Å². The molecule has 1 saturated carbocycles. The lowest BCUT2D eigenvalue weighted by molar-refractivity contribution is -0.159. The van der Waals surface area contributed by atoms with E-state index in [4.69, 9.17) is 5.11 Å². The van der Waals surface area contributed by atoms with Crippen molar-refractivity contribution >= 4 is 5.97 Å². The van der Waals surface area contributed by atoms with Gasteiger partial charge in [0, 0.05) is 6.04 Å². The van der Waals surface area contributed by atoms with E-state index >= 15 is 0 Å². The second-order valence-corrected chi connectivity index (χ2v) is 5.00. The molecule has 1 N–H and O–H groups in total. The molecular formula is C12H20F3NO2. The summed E-state index contributed by atoms with van der Waals surface area (Å²) < 4.78 is 37.3. The number of nitrogens with zero attached hydrogens (tertiary/aromatic N) is 1. The van der Waals surface area contributed by atoms with Crippen LogP contribution in [0.2, 0.25) is 0 Å². The van der Waals surface area contributed by atoms with Gasteiger partial charge in [-0.3, -0.25) is 9.69 Å². The molecule has 0 saturated heterocycles. The molecule has 3 nitrogen and oxygen atoms in total. The molecule has 106 valence electrons. The second-order valence-electron chi connectivity index (χ2n) is 5.00. The predicted molar refractivity (Wildman–Crippen MR) is 61.3 cm³/mol. The highest BCUT2D eigenvalue weighted by atomic mass is 19.4. The Balaban J connectivity index is 2.57. The van der Waals surface area contributed by atoms with E-state index in [1.54, 1.807) is 0 Å². The second kappa shape index (κ2) is 6.41. The van der Waals surface area contributed by atoms with Crippen LogP contribution in [0.1, 0.15) is 39.0 Å². The maximum absolute atomic E-state index is 12.4. The quantitative estimate of drug-likeness (QED) is 0.832. The molecule has 0 amide bonds. The molecular weight excluding hydrogens is 247 g/mol. The van der Waals surface area contributed by atoms with Crippen LogP contribution in [-0.4, -0.2) is 41.3 Å². The molecule has 18 heavy (non-hydrogen) atoms. The maximum Gasteiger partial charge on any atom is 0.401 e. The summed E-state index contributed by atoms with van der Waals surface area (Å²) in [6.45, 7) is 0.428. The molecule has 1 aliphatic carbocycles. The zero-order valence-electron chi connectivity index (χ0n) is 10.5. The van der Waals surface area contributed by atoms with Crippen molar-refractivity contribution in [2.75, 3.05) is 13.1 Å². The largest absolute Gasteiger partial charge is 0.480 e. The lowest BCUT2D eigenvalue weighted by Gasteiger charge is -2.36. The minimum absolute atomic E-state index is 0.245. The van der Waals surface area contributed by atoms with Crippen LogP contribution in [0.3, 0.4) is 0 Å². The Labute approximate surface area is 105 Å². The van der Waals surface area contributed by atoms with Crippen molar-refractivity contribution in [1.29, 1.82) is 0 Å². The lowest BCUT2D eigenvalue weighted by atomic mass is 9.84. The first kappa shape index (κ1) is 15.3. The van der Waals surface area contributed by atoms with E-state index in [2.05, 4.69) is 6.92 Å². The average Bonchev–Trinajstić information content (AvgIpc) is 2.26. The summed E-state index contributed by atoms with van der Waals surface area (Å²) in [6, 6.07) is -0.245. The zero-order chi connectivity index (χ0) is 13.8. The summed E-state index contributed by atoms with van der Waals surface area (Å²) in [5.41, 5.74) is 0. The Morgan fingerprint density at radius 1 is 1.28 bits per heavy atom. The van der Waals surface area contributed by atoms with Crippen LogP contribution >= 0.6 is 0 Å². The summed E-state index contributed by atoms with van der Waals surface area (Å²) in [6.07, 6.45) is -0.157. The highest BCUT2D eigenvalue weighted by molar-refractivity contribution is 5.69. The summed E-state index contributed by atoms with van der Waals surface area (Å²) in [7, 11) is 0. The summed E-state index contributed by atoms with van der Waals surface area (Å²) in [5, 5.41) is 8.70. The molecule has 1 rings (SSSR count). The van der Waals surface area contributed by atoms with E-state index in [9.17, 15) is 18.0 Å². The van der Waals surface area contributed by atoms with Gasteiger partial charge in [0.2, 0.25) is 0 Å². The molecule has 0 radical (unpaired) electrons. The number of aliphatic carboxylic acids is 1. The number of alkyl halides is 3. The Morgan fingerprint density at radius 2 is 1.83 bits per heavy atom. The van der Waals surface area contributed by atoms with Gasteiger partial charge in [-0.05, 0) is 31.6 Å². The first-order valence-electron chi connectivity index (χ1n) is 6.34. The van der Waals surface area contributed by atoms with Gasteiger partial charge >= 0.3 is 12.1 Å². The fourth-order valence-corrected chi connectivity index (χ4v) is 2.64. The smallest absolute Gasteiger partial charge is 0.401 e. The van der Waals surface area contributed by atoms with Crippen LogP contribution in [0.4, 0.5) is 13.2 Å².